The normalized spacial score (nSPS) is 21.5. The number of hydrogen-bond donors (Lipinski definition) is 1. The Kier molecular flexibility index (Phi) is 7.08. The number of morpholine rings is 1. The molecule has 1 aromatic carbocycles. The van der Waals surface area contributed by atoms with Gasteiger partial charge in [0.25, 0.3) is 5.91 Å². The predicted molar refractivity (Wildman–Crippen MR) is 137 cm³/mol. The summed E-state index contributed by atoms with van der Waals surface area (Å²) < 4.78 is 5.46. The number of pyridine rings is 1. The summed E-state index contributed by atoms with van der Waals surface area (Å²) in [5.41, 5.74) is 3.90. The van der Waals surface area contributed by atoms with Crippen molar-refractivity contribution in [1.82, 2.24) is 20.2 Å². The zero-order chi connectivity index (χ0) is 23.5. The molecule has 5 rings (SSSR count). The van der Waals surface area contributed by atoms with E-state index >= 15 is 0 Å². The van der Waals surface area contributed by atoms with E-state index in [-0.39, 0.29) is 17.9 Å². The molecule has 0 radical (unpaired) electrons. The molecular weight excluding hydrogens is 446 g/mol. The maximum Gasteiger partial charge on any atom is 0.251 e. The minimum absolute atomic E-state index is 0.00682. The van der Waals surface area contributed by atoms with E-state index in [0.29, 0.717) is 5.56 Å². The van der Waals surface area contributed by atoms with E-state index in [1.54, 1.807) is 11.3 Å². The lowest BCUT2D eigenvalue weighted by molar-refractivity contribution is 0.0341. The van der Waals surface area contributed by atoms with Gasteiger partial charge in [-0.05, 0) is 42.7 Å². The molecule has 1 amide bonds. The fraction of sp³-hybridized carbons (Fsp3) is 0.500. The van der Waals surface area contributed by atoms with Crippen molar-refractivity contribution >= 4 is 33.3 Å². The highest BCUT2D eigenvalue weighted by molar-refractivity contribution is 7.18. The van der Waals surface area contributed by atoms with Crippen LogP contribution in [0.25, 0.3) is 10.3 Å². The standard InChI is InChI=1S/C26H33N5O2S/c1-30(2)20-7-5-6-19(15-20)24(32)28-22-9-4-3-8-21(22)25-29-23-14-18(16-27-26(23)34-25)17-31-10-12-33-13-11-31/h5-7,14-16,21-22H,3-4,8-13,17H2,1-2H3,(H,28,32). The molecule has 1 aliphatic heterocycles. The number of benzene rings is 1. The number of carbonyl (C=O) groups excluding carboxylic acids is 1. The van der Waals surface area contributed by atoms with Gasteiger partial charge in [-0.2, -0.15) is 0 Å². The van der Waals surface area contributed by atoms with Crippen molar-refractivity contribution in [3.8, 4) is 0 Å². The van der Waals surface area contributed by atoms with Crippen molar-refractivity contribution in [2.24, 2.45) is 0 Å². The van der Waals surface area contributed by atoms with Crippen LogP contribution < -0.4 is 10.2 Å². The SMILES string of the molecule is CN(C)c1cccc(C(=O)NC2CCCCC2c2nc3cc(CN4CCOCC4)cnc3s2)c1. The third kappa shape index (κ3) is 5.24. The highest BCUT2D eigenvalue weighted by Crippen LogP contribution is 2.37. The molecule has 2 aliphatic rings. The number of hydrogen-bond acceptors (Lipinski definition) is 7. The van der Waals surface area contributed by atoms with Gasteiger partial charge in [0.1, 0.15) is 15.4 Å². The summed E-state index contributed by atoms with van der Waals surface area (Å²) in [6.45, 7) is 4.39. The molecule has 1 aliphatic carbocycles. The fourth-order valence-corrected chi connectivity index (χ4v) is 6.01. The fourth-order valence-electron chi connectivity index (χ4n) is 4.92. The van der Waals surface area contributed by atoms with Crippen LogP contribution in [0.15, 0.2) is 36.5 Å². The quantitative estimate of drug-likeness (QED) is 0.575. The van der Waals surface area contributed by atoms with E-state index in [1.807, 2.05) is 49.5 Å². The highest BCUT2D eigenvalue weighted by atomic mass is 32.1. The van der Waals surface area contributed by atoms with Crippen molar-refractivity contribution in [2.45, 2.75) is 44.2 Å². The van der Waals surface area contributed by atoms with Gasteiger partial charge < -0.3 is 15.0 Å². The Morgan fingerprint density at radius 3 is 2.85 bits per heavy atom. The van der Waals surface area contributed by atoms with Crippen LogP contribution in [-0.2, 0) is 11.3 Å². The summed E-state index contributed by atoms with van der Waals surface area (Å²) in [5, 5.41) is 4.43. The largest absolute Gasteiger partial charge is 0.379 e. The topological polar surface area (TPSA) is 70.6 Å². The van der Waals surface area contributed by atoms with Crippen LogP contribution in [0, 0.1) is 0 Å². The van der Waals surface area contributed by atoms with E-state index in [9.17, 15) is 4.79 Å². The van der Waals surface area contributed by atoms with Crippen LogP contribution in [0.3, 0.4) is 0 Å². The van der Waals surface area contributed by atoms with E-state index in [1.165, 1.54) is 12.0 Å². The second kappa shape index (κ2) is 10.4. The number of ether oxygens (including phenoxy) is 1. The van der Waals surface area contributed by atoms with Crippen LogP contribution in [-0.4, -0.2) is 67.2 Å². The molecule has 1 saturated carbocycles. The van der Waals surface area contributed by atoms with E-state index in [4.69, 9.17) is 14.7 Å². The Morgan fingerprint density at radius 1 is 1.21 bits per heavy atom. The van der Waals surface area contributed by atoms with Gasteiger partial charge in [0.2, 0.25) is 0 Å². The maximum atomic E-state index is 13.1. The van der Waals surface area contributed by atoms with Crippen LogP contribution >= 0.6 is 11.3 Å². The van der Waals surface area contributed by atoms with Crippen LogP contribution in [0.1, 0.15) is 52.5 Å². The van der Waals surface area contributed by atoms with E-state index in [0.717, 1.165) is 73.2 Å². The minimum Gasteiger partial charge on any atom is -0.379 e. The number of nitrogens with one attached hydrogen (secondary N) is 1. The number of rotatable bonds is 6. The van der Waals surface area contributed by atoms with Crippen molar-refractivity contribution in [3.63, 3.8) is 0 Å². The first kappa shape index (κ1) is 23.2. The zero-order valence-electron chi connectivity index (χ0n) is 20.0. The van der Waals surface area contributed by atoms with Crippen molar-refractivity contribution in [2.75, 3.05) is 45.3 Å². The molecule has 2 fully saturated rings. The third-order valence-electron chi connectivity index (χ3n) is 6.86. The first-order valence-electron chi connectivity index (χ1n) is 12.2. The Morgan fingerprint density at radius 2 is 2.03 bits per heavy atom. The van der Waals surface area contributed by atoms with Gasteiger partial charge >= 0.3 is 0 Å². The molecule has 2 aromatic heterocycles. The van der Waals surface area contributed by atoms with Gasteiger partial charge in [0, 0.05) is 63.1 Å². The molecule has 34 heavy (non-hydrogen) atoms. The average molecular weight is 480 g/mol. The summed E-state index contributed by atoms with van der Waals surface area (Å²) in [6.07, 6.45) is 6.31. The summed E-state index contributed by atoms with van der Waals surface area (Å²) >= 11 is 1.68. The van der Waals surface area contributed by atoms with Crippen LogP contribution in [0.5, 0.6) is 0 Å². The number of nitrogens with zero attached hydrogens (tertiary/aromatic N) is 4. The summed E-state index contributed by atoms with van der Waals surface area (Å²) in [7, 11) is 3.98. The second-order valence-corrected chi connectivity index (χ2v) is 10.5. The molecule has 8 heteroatoms. The first-order chi connectivity index (χ1) is 16.6. The molecule has 1 N–H and O–H groups in total. The number of amides is 1. The molecule has 0 bridgehead atoms. The number of aromatic nitrogens is 2. The lowest BCUT2D eigenvalue weighted by Crippen LogP contribution is -2.41. The summed E-state index contributed by atoms with van der Waals surface area (Å²) in [4.78, 5) is 28.2. The lowest BCUT2D eigenvalue weighted by Gasteiger charge is -2.31. The van der Waals surface area contributed by atoms with Gasteiger partial charge in [0.05, 0.1) is 13.2 Å². The zero-order valence-corrected chi connectivity index (χ0v) is 20.8. The van der Waals surface area contributed by atoms with Gasteiger partial charge in [-0.1, -0.05) is 30.2 Å². The lowest BCUT2D eigenvalue weighted by atomic mass is 9.84. The summed E-state index contributed by atoms with van der Waals surface area (Å²) in [6, 6.07) is 10.1. The average Bonchev–Trinajstić information content (AvgIpc) is 3.28. The Labute approximate surface area is 205 Å². The molecule has 180 valence electrons. The molecule has 7 nitrogen and oxygen atoms in total. The smallest absolute Gasteiger partial charge is 0.251 e. The Hall–Kier alpha value is -2.55. The van der Waals surface area contributed by atoms with E-state index in [2.05, 4.69) is 16.3 Å². The molecule has 2 unspecified atom stereocenters. The van der Waals surface area contributed by atoms with Gasteiger partial charge in [-0.3, -0.25) is 9.69 Å². The summed E-state index contributed by atoms with van der Waals surface area (Å²) in [5.74, 6) is 0.226. The van der Waals surface area contributed by atoms with Gasteiger partial charge in [-0.15, -0.1) is 0 Å². The van der Waals surface area contributed by atoms with Gasteiger partial charge in [-0.25, -0.2) is 9.97 Å². The molecule has 2 atom stereocenters. The van der Waals surface area contributed by atoms with Gasteiger partial charge in [0.15, 0.2) is 0 Å². The number of anilines is 1. The predicted octanol–water partition coefficient (Wildman–Crippen LogP) is 4.05. The molecular formula is C26H33N5O2S. The minimum atomic E-state index is -0.00682. The number of fused-ring (bicyclic) bond motifs is 1. The van der Waals surface area contributed by atoms with E-state index < -0.39 is 0 Å². The maximum absolute atomic E-state index is 13.1. The van der Waals surface area contributed by atoms with Crippen molar-refractivity contribution < 1.29 is 9.53 Å². The number of carbonyl (C=O) groups is 1. The second-order valence-electron chi connectivity index (χ2n) is 9.52. The highest BCUT2D eigenvalue weighted by Gasteiger charge is 2.31. The third-order valence-corrected chi connectivity index (χ3v) is 7.97. The monoisotopic (exact) mass is 479 g/mol. The Balaban J connectivity index is 1.32. The first-order valence-corrected chi connectivity index (χ1v) is 13.0. The van der Waals surface area contributed by atoms with Crippen molar-refractivity contribution in [1.29, 1.82) is 0 Å². The molecule has 0 spiro atoms. The van der Waals surface area contributed by atoms with Crippen LogP contribution in [0.4, 0.5) is 5.69 Å². The Bertz CT molecular complexity index is 1140. The molecule has 3 heterocycles. The number of thiazole rings is 1. The van der Waals surface area contributed by atoms with Crippen molar-refractivity contribution in [3.05, 3.63) is 52.7 Å². The van der Waals surface area contributed by atoms with Crippen LogP contribution in [0.2, 0.25) is 0 Å². The molecule has 1 saturated heterocycles. The molecule has 3 aromatic rings.